The number of hydrogen-bond donors (Lipinski definition) is 1. The van der Waals surface area contributed by atoms with E-state index in [4.69, 9.17) is 5.11 Å². The molecule has 1 N–H and O–H groups in total. The summed E-state index contributed by atoms with van der Waals surface area (Å²) in [6.45, 7) is 6.35. The van der Waals surface area contributed by atoms with Crippen LogP contribution in [0.5, 0.6) is 0 Å². The maximum Gasteiger partial charge on any atom is 0.328 e. The minimum Gasteiger partial charge on any atom is -0.478 e. The van der Waals surface area contributed by atoms with Crippen molar-refractivity contribution in [2.24, 2.45) is 5.92 Å². The van der Waals surface area contributed by atoms with Gasteiger partial charge in [0.2, 0.25) is 0 Å². The van der Waals surface area contributed by atoms with Gasteiger partial charge in [0.1, 0.15) is 0 Å². The SMILES string of the molecule is C/C(=C\C(=O)O)CCCCCC(C)C. The molecule has 0 heterocycles. The third-order valence-corrected chi connectivity index (χ3v) is 2.22. The highest BCUT2D eigenvalue weighted by Crippen LogP contribution is 2.12. The largest absolute Gasteiger partial charge is 0.478 e. The Bertz CT molecular complexity index is 192. The number of carboxylic acid groups (broad SMARTS) is 1. The Balaban J connectivity index is 3.41. The molecule has 0 spiro atoms. The second kappa shape index (κ2) is 7.60. The van der Waals surface area contributed by atoms with Crippen molar-refractivity contribution in [1.29, 1.82) is 0 Å². The van der Waals surface area contributed by atoms with Crippen LogP contribution < -0.4 is 0 Å². The Morgan fingerprint density at radius 2 is 1.93 bits per heavy atom. The second-order valence-electron chi connectivity index (χ2n) is 4.32. The van der Waals surface area contributed by atoms with E-state index in [0.717, 1.165) is 24.3 Å². The molecule has 0 aliphatic heterocycles. The van der Waals surface area contributed by atoms with Gasteiger partial charge in [-0.05, 0) is 25.7 Å². The molecule has 14 heavy (non-hydrogen) atoms. The summed E-state index contributed by atoms with van der Waals surface area (Å²) in [5.74, 6) is -0.0460. The lowest BCUT2D eigenvalue weighted by Crippen LogP contribution is -1.91. The zero-order valence-corrected chi connectivity index (χ0v) is 9.55. The van der Waals surface area contributed by atoms with Crippen LogP contribution in [-0.2, 0) is 4.79 Å². The maximum absolute atomic E-state index is 10.3. The summed E-state index contributed by atoms with van der Waals surface area (Å²) in [7, 11) is 0. The highest BCUT2D eigenvalue weighted by Gasteiger charge is 1.96. The quantitative estimate of drug-likeness (QED) is 0.501. The highest BCUT2D eigenvalue weighted by molar-refractivity contribution is 5.80. The molecule has 0 aromatic rings. The second-order valence-corrected chi connectivity index (χ2v) is 4.32. The van der Waals surface area contributed by atoms with Crippen LogP contribution in [0.1, 0.15) is 52.9 Å². The van der Waals surface area contributed by atoms with Gasteiger partial charge in [-0.2, -0.15) is 0 Å². The van der Waals surface area contributed by atoms with Gasteiger partial charge in [-0.25, -0.2) is 4.79 Å². The van der Waals surface area contributed by atoms with Crippen molar-refractivity contribution in [3.63, 3.8) is 0 Å². The number of allylic oxidation sites excluding steroid dienone is 1. The average Bonchev–Trinajstić information content (AvgIpc) is 2.01. The summed E-state index contributed by atoms with van der Waals surface area (Å²) in [6.07, 6.45) is 7.10. The molecule has 0 saturated heterocycles. The van der Waals surface area contributed by atoms with Crippen LogP contribution in [0.25, 0.3) is 0 Å². The molecule has 0 aromatic heterocycles. The molecule has 0 saturated carbocycles. The van der Waals surface area contributed by atoms with Crippen molar-refractivity contribution in [3.8, 4) is 0 Å². The molecule has 2 nitrogen and oxygen atoms in total. The predicted molar refractivity (Wildman–Crippen MR) is 59.3 cm³/mol. The van der Waals surface area contributed by atoms with E-state index < -0.39 is 5.97 Å². The summed E-state index contributed by atoms with van der Waals surface area (Å²) >= 11 is 0. The first-order valence-corrected chi connectivity index (χ1v) is 5.42. The molecular formula is C12H22O2. The average molecular weight is 198 g/mol. The molecule has 0 radical (unpaired) electrons. The van der Waals surface area contributed by atoms with Gasteiger partial charge in [-0.3, -0.25) is 0 Å². The fraction of sp³-hybridized carbons (Fsp3) is 0.750. The summed E-state index contributed by atoms with van der Waals surface area (Å²) in [5.41, 5.74) is 0.974. The molecule has 0 aliphatic carbocycles. The number of carbonyl (C=O) groups is 1. The van der Waals surface area contributed by atoms with E-state index in [-0.39, 0.29) is 0 Å². The summed E-state index contributed by atoms with van der Waals surface area (Å²) in [6, 6.07) is 0. The van der Waals surface area contributed by atoms with Gasteiger partial charge in [0, 0.05) is 6.08 Å². The molecule has 0 aromatic carbocycles. The molecule has 0 unspecified atom stereocenters. The molecule has 82 valence electrons. The fourth-order valence-corrected chi connectivity index (χ4v) is 1.42. The minimum atomic E-state index is -0.829. The van der Waals surface area contributed by atoms with E-state index >= 15 is 0 Å². The topological polar surface area (TPSA) is 37.3 Å². The zero-order valence-electron chi connectivity index (χ0n) is 9.55. The first-order valence-electron chi connectivity index (χ1n) is 5.42. The van der Waals surface area contributed by atoms with Crippen molar-refractivity contribution in [1.82, 2.24) is 0 Å². The van der Waals surface area contributed by atoms with E-state index in [1.165, 1.54) is 25.3 Å². The Morgan fingerprint density at radius 1 is 1.29 bits per heavy atom. The Labute approximate surface area is 87.0 Å². The summed E-state index contributed by atoms with van der Waals surface area (Å²) in [5, 5.41) is 8.48. The fourth-order valence-electron chi connectivity index (χ4n) is 1.42. The number of carboxylic acids is 1. The normalized spacial score (nSPS) is 12.1. The Kier molecular flexibility index (Phi) is 7.17. The first-order chi connectivity index (χ1) is 6.52. The number of aliphatic carboxylic acids is 1. The molecule has 0 amide bonds. The van der Waals surface area contributed by atoms with Crippen molar-refractivity contribution in [3.05, 3.63) is 11.6 Å². The molecule has 2 heteroatoms. The van der Waals surface area contributed by atoms with E-state index in [1.54, 1.807) is 0 Å². The van der Waals surface area contributed by atoms with Gasteiger partial charge in [0.15, 0.2) is 0 Å². The van der Waals surface area contributed by atoms with Crippen molar-refractivity contribution < 1.29 is 9.90 Å². The Hall–Kier alpha value is -0.790. The molecule has 0 rings (SSSR count). The maximum atomic E-state index is 10.3. The van der Waals surface area contributed by atoms with Gasteiger partial charge in [-0.15, -0.1) is 0 Å². The van der Waals surface area contributed by atoms with Crippen molar-refractivity contribution in [2.45, 2.75) is 52.9 Å². The molecule has 0 aliphatic rings. The van der Waals surface area contributed by atoms with E-state index in [9.17, 15) is 4.79 Å². The summed E-state index contributed by atoms with van der Waals surface area (Å²) in [4.78, 5) is 10.3. The van der Waals surface area contributed by atoms with Crippen LogP contribution in [0.15, 0.2) is 11.6 Å². The first kappa shape index (κ1) is 13.2. The van der Waals surface area contributed by atoms with Crippen LogP contribution in [-0.4, -0.2) is 11.1 Å². The lowest BCUT2D eigenvalue weighted by Gasteiger charge is -2.04. The van der Waals surface area contributed by atoms with Crippen molar-refractivity contribution in [2.75, 3.05) is 0 Å². The number of rotatable bonds is 7. The zero-order chi connectivity index (χ0) is 11.0. The molecule has 0 atom stereocenters. The van der Waals surface area contributed by atoms with Gasteiger partial charge in [0.05, 0.1) is 0 Å². The lowest BCUT2D eigenvalue weighted by atomic mass is 10.0. The third kappa shape index (κ3) is 9.30. The Morgan fingerprint density at radius 3 is 2.43 bits per heavy atom. The molecule has 0 fully saturated rings. The van der Waals surface area contributed by atoms with Gasteiger partial charge in [-0.1, -0.05) is 38.7 Å². The number of unbranched alkanes of at least 4 members (excludes halogenated alkanes) is 2. The lowest BCUT2D eigenvalue weighted by molar-refractivity contribution is -0.131. The van der Waals surface area contributed by atoms with Gasteiger partial charge in [0.25, 0.3) is 0 Å². The van der Waals surface area contributed by atoms with Crippen molar-refractivity contribution >= 4 is 5.97 Å². The summed E-state index contributed by atoms with van der Waals surface area (Å²) < 4.78 is 0. The van der Waals surface area contributed by atoms with Gasteiger partial charge < -0.3 is 5.11 Å². The van der Waals surface area contributed by atoms with Crippen LogP contribution >= 0.6 is 0 Å². The smallest absolute Gasteiger partial charge is 0.328 e. The third-order valence-electron chi connectivity index (χ3n) is 2.22. The molecular weight excluding hydrogens is 176 g/mol. The monoisotopic (exact) mass is 198 g/mol. The van der Waals surface area contributed by atoms with Crippen LogP contribution in [0.2, 0.25) is 0 Å². The van der Waals surface area contributed by atoms with E-state index in [1.807, 2.05) is 6.92 Å². The van der Waals surface area contributed by atoms with E-state index in [2.05, 4.69) is 13.8 Å². The molecule has 0 bridgehead atoms. The highest BCUT2D eigenvalue weighted by atomic mass is 16.4. The number of hydrogen-bond acceptors (Lipinski definition) is 1. The predicted octanol–water partition coefficient (Wildman–Crippen LogP) is 3.62. The van der Waals surface area contributed by atoms with Gasteiger partial charge >= 0.3 is 5.97 Å². The van der Waals surface area contributed by atoms with E-state index in [0.29, 0.717) is 0 Å². The van der Waals surface area contributed by atoms with Crippen LogP contribution in [0, 0.1) is 5.92 Å². The standard InChI is InChI=1S/C12H22O2/c1-10(2)7-5-4-6-8-11(3)9-12(13)14/h9-10H,4-8H2,1-3H3,(H,13,14)/b11-9+. The minimum absolute atomic E-state index is 0.783. The van der Waals surface area contributed by atoms with Crippen LogP contribution in [0.3, 0.4) is 0 Å². The van der Waals surface area contributed by atoms with Crippen LogP contribution in [0.4, 0.5) is 0 Å².